The number of aryl methyl sites for hydroxylation is 1. The lowest BCUT2D eigenvalue weighted by atomic mass is 9.86. The van der Waals surface area contributed by atoms with Gasteiger partial charge in [0.05, 0.1) is 18.4 Å². The maximum absolute atomic E-state index is 12.7. The van der Waals surface area contributed by atoms with Gasteiger partial charge in [-0.3, -0.25) is 9.59 Å². The molecule has 2 aromatic carbocycles. The molecule has 36 heavy (non-hydrogen) atoms. The van der Waals surface area contributed by atoms with Crippen molar-refractivity contribution in [2.75, 3.05) is 10.6 Å². The molecule has 0 spiro atoms. The number of aromatic nitrogens is 6. The first kappa shape index (κ1) is 21.7. The van der Waals surface area contributed by atoms with E-state index in [2.05, 4.69) is 30.6 Å². The fourth-order valence-corrected chi connectivity index (χ4v) is 4.68. The zero-order valence-corrected chi connectivity index (χ0v) is 19.4. The smallest absolute Gasteiger partial charge is 0.228 e. The molecule has 178 valence electrons. The van der Waals surface area contributed by atoms with Gasteiger partial charge in [0.1, 0.15) is 17.7 Å². The van der Waals surface area contributed by atoms with Crippen molar-refractivity contribution in [1.82, 2.24) is 29.7 Å². The van der Waals surface area contributed by atoms with E-state index in [1.54, 1.807) is 11.0 Å². The summed E-state index contributed by atoms with van der Waals surface area (Å²) in [7, 11) is 0. The summed E-state index contributed by atoms with van der Waals surface area (Å²) in [6.07, 6.45) is 3.57. The van der Waals surface area contributed by atoms with Gasteiger partial charge >= 0.3 is 0 Å². The Morgan fingerprint density at radius 3 is 2.69 bits per heavy atom. The highest BCUT2D eigenvalue weighted by molar-refractivity contribution is 5.96. The summed E-state index contributed by atoms with van der Waals surface area (Å²) in [5.74, 6) is 0.725. The van der Waals surface area contributed by atoms with Gasteiger partial charge in [-0.15, -0.1) is 0 Å². The van der Waals surface area contributed by atoms with Crippen molar-refractivity contribution < 1.29 is 9.59 Å². The van der Waals surface area contributed by atoms with E-state index in [1.807, 2.05) is 61.5 Å². The molecule has 1 aliphatic rings. The van der Waals surface area contributed by atoms with E-state index in [0.29, 0.717) is 41.3 Å². The highest BCUT2D eigenvalue weighted by Crippen LogP contribution is 2.40. The number of fused-ring (bicyclic) bond motifs is 2. The molecule has 0 fully saturated rings. The largest absolute Gasteiger partial charge is 0.340 e. The van der Waals surface area contributed by atoms with Crippen molar-refractivity contribution in [2.24, 2.45) is 0 Å². The number of amides is 2. The standard InChI is InChI=1S/C26H22N8O2/c1-15-22-19(17-7-9-18(10-8-17)31-20(35)11-16-5-3-2-4-6-16)12-21(36)32-25(22)34(33-15)26-23-24(28-13-27-23)29-14-30-26/h2-10,13-14,19H,11-12H2,1H3,(H,31,35)(H,32,36)(H,27,28,29,30). The summed E-state index contributed by atoms with van der Waals surface area (Å²) in [5, 5.41) is 10.6. The first-order valence-corrected chi connectivity index (χ1v) is 11.5. The van der Waals surface area contributed by atoms with Crippen LogP contribution >= 0.6 is 0 Å². The fraction of sp³-hybridized carbons (Fsp3) is 0.154. The minimum absolute atomic E-state index is 0.0830. The number of carbonyl (C=O) groups is 2. The van der Waals surface area contributed by atoms with Crippen molar-refractivity contribution in [3.8, 4) is 5.82 Å². The topological polar surface area (TPSA) is 130 Å². The molecule has 10 nitrogen and oxygen atoms in total. The van der Waals surface area contributed by atoms with Gasteiger partial charge in [0.2, 0.25) is 11.8 Å². The zero-order chi connectivity index (χ0) is 24.6. The predicted molar refractivity (Wildman–Crippen MR) is 134 cm³/mol. The normalized spacial score (nSPS) is 14.9. The fourth-order valence-electron chi connectivity index (χ4n) is 4.68. The van der Waals surface area contributed by atoms with E-state index in [1.165, 1.54) is 6.33 Å². The van der Waals surface area contributed by atoms with Crippen molar-refractivity contribution in [1.29, 1.82) is 0 Å². The molecule has 1 aliphatic heterocycles. The summed E-state index contributed by atoms with van der Waals surface area (Å²) >= 11 is 0. The number of H-pyrrole nitrogens is 1. The van der Waals surface area contributed by atoms with E-state index >= 15 is 0 Å². The number of hydrogen-bond donors (Lipinski definition) is 3. The van der Waals surface area contributed by atoms with Crippen molar-refractivity contribution in [2.45, 2.75) is 25.7 Å². The summed E-state index contributed by atoms with van der Waals surface area (Å²) in [4.78, 5) is 41.0. The lowest BCUT2D eigenvalue weighted by molar-refractivity contribution is -0.117. The second kappa shape index (κ2) is 8.73. The average molecular weight is 479 g/mol. The molecular formula is C26H22N8O2. The third kappa shape index (κ3) is 3.88. The molecule has 0 saturated heterocycles. The molecule has 10 heteroatoms. The van der Waals surface area contributed by atoms with Crippen molar-refractivity contribution in [3.63, 3.8) is 0 Å². The summed E-state index contributed by atoms with van der Waals surface area (Å²) in [5.41, 5.74) is 5.50. The molecule has 4 heterocycles. The van der Waals surface area contributed by atoms with Crippen LogP contribution in [0.4, 0.5) is 11.5 Å². The molecule has 1 unspecified atom stereocenters. The van der Waals surface area contributed by atoms with E-state index in [9.17, 15) is 9.59 Å². The highest BCUT2D eigenvalue weighted by atomic mass is 16.2. The van der Waals surface area contributed by atoms with Gasteiger partial charge in [0.15, 0.2) is 11.5 Å². The first-order valence-electron chi connectivity index (χ1n) is 11.5. The van der Waals surface area contributed by atoms with Crippen molar-refractivity contribution in [3.05, 3.63) is 89.6 Å². The molecule has 5 aromatic rings. The van der Waals surface area contributed by atoms with Crippen LogP contribution in [0.5, 0.6) is 0 Å². The van der Waals surface area contributed by atoms with Gasteiger partial charge in [-0.05, 0) is 30.2 Å². The van der Waals surface area contributed by atoms with Crippen LogP contribution in [-0.4, -0.2) is 41.5 Å². The number of hydrogen-bond acceptors (Lipinski definition) is 6. The van der Waals surface area contributed by atoms with Gasteiger partial charge in [-0.25, -0.2) is 15.0 Å². The van der Waals surface area contributed by atoms with Crippen LogP contribution in [0.2, 0.25) is 0 Å². The van der Waals surface area contributed by atoms with Crippen LogP contribution in [0.1, 0.15) is 34.7 Å². The number of nitrogens with zero attached hydrogens (tertiary/aromatic N) is 5. The van der Waals surface area contributed by atoms with E-state index in [0.717, 1.165) is 22.4 Å². The quantitative estimate of drug-likeness (QED) is 0.354. The van der Waals surface area contributed by atoms with Gasteiger partial charge in [-0.2, -0.15) is 9.78 Å². The van der Waals surface area contributed by atoms with E-state index in [-0.39, 0.29) is 17.7 Å². The predicted octanol–water partition coefficient (Wildman–Crippen LogP) is 3.50. The molecule has 0 aliphatic carbocycles. The number of rotatable bonds is 5. The van der Waals surface area contributed by atoms with Gasteiger partial charge in [0, 0.05) is 23.6 Å². The van der Waals surface area contributed by atoms with Crippen LogP contribution in [0.15, 0.2) is 67.3 Å². The Hall–Kier alpha value is -4.86. The molecule has 1 atom stereocenters. The van der Waals surface area contributed by atoms with Crippen LogP contribution < -0.4 is 10.6 Å². The Kier molecular flexibility index (Phi) is 5.25. The van der Waals surface area contributed by atoms with E-state index < -0.39 is 0 Å². The molecular weight excluding hydrogens is 456 g/mol. The molecule has 3 aromatic heterocycles. The minimum atomic E-state index is -0.185. The third-order valence-corrected chi connectivity index (χ3v) is 6.31. The third-order valence-electron chi connectivity index (χ3n) is 6.31. The Morgan fingerprint density at radius 2 is 1.89 bits per heavy atom. The number of aromatic amines is 1. The lowest BCUT2D eigenvalue weighted by Gasteiger charge is -2.24. The zero-order valence-electron chi connectivity index (χ0n) is 19.4. The molecule has 0 radical (unpaired) electrons. The van der Waals surface area contributed by atoms with Crippen molar-refractivity contribution >= 4 is 34.5 Å². The SMILES string of the molecule is Cc1nn(-c2ncnc3nc[nH]c23)c2c1C(c1ccc(NC(=O)Cc3ccccc3)cc1)CC(=O)N2. The van der Waals surface area contributed by atoms with Crippen LogP contribution in [-0.2, 0) is 16.0 Å². The maximum atomic E-state index is 12.7. The number of anilines is 2. The molecule has 3 N–H and O–H groups in total. The second-order valence-corrected chi connectivity index (χ2v) is 8.70. The summed E-state index contributed by atoms with van der Waals surface area (Å²) in [6.45, 7) is 1.92. The summed E-state index contributed by atoms with van der Waals surface area (Å²) in [6, 6.07) is 17.2. The molecule has 0 bridgehead atoms. The van der Waals surface area contributed by atoms with Gasteiger partial charge in [0.25, 0.3) is 0 Å². The first-order chi connectivity index (χ1) is 17.6. The number of nitrogens with one attached hydrogen (secondary N) is 3. The number of benzene rings is 2. The maximum Gasteiger partial charge on any atom is 0.228 e. The second-order valence-electron chi connectivity index (χ2n) is 8.70. The average Bonchev–Trinajstić information content (AvgIpc) is 3.49. The minimum Gasteiger partial charge on any atom is -0.340 e. The van der Waals surface area contributed by atoms with Gasteiger partial charge < -0.3 is 15.6 Å². The van der Waals surface area contributed by atoms with Crippen LogP contribution in [0.25, 0.3) is 17.0 Å². The Labute approximate surface area is 205 Å². The number of imidazole rings is 1. The molecule has 2 amide bonds. The molecule has 6 rings (SSSR count). The summed E-state index contributed by atoms with van der Waals surface area (Å²) < 4.78 is 1.63. The Morgan fingerprint density at radius 1 is 1.08 bits per heavy atom. The van der Waals surface area contributed by atoms with E-state index in [4.69, 9.17) is 5.10 Å². The monoisotopic (exact) mass is 478 g/mol. The van der Waals surface area contributed by atoms with Crippen LogP contribution in [0, 0.1) is 6.92 Å². The van der Waals surface area contributed by atoms with Gasteiger partial charge in [-0.1, -0.05) is 42.5 Å². The van der Waals surface area contributed by atoms with Crippen LogP contribution in [0.3, 0.4) is 0 Å². The Bertz CT molecular complexity index is 1590. The highest BCUT2D eigenvalue weighted by Gasteiger charge is 2.33. The Balaban J connectivity index is 1.29. The number of carbonyl (C=O) groups excluding carboxylic acids is 2. The lowest BCUT2D eigenvalue weighted by Crippen LogP contribution is -2.25. The molecule has 0 saturated carbocycles.